The molecule has 2 atom stereocenters. The normalized spacial score (nSPS) is 24.1. The minimum atomic E-state index is -3.30. The summed E-state index contributed by atoms with van der Waals surface area (Å²) in [5.41, 5.74) is 2.06. The Morgan fingerprint density at radius 2 is 1.79 bits per heavy atom. The summed E-state index contributed by atoms with van der Waals surface area (Å²) in [6, 6.07) is 6.18. The van der Waals surface area contributed by atoms with E-state index in [4.69, 9.17) is 4.74 Å². The van der Waals surface area contributed by atoms with Crippen molar-refractivity contribution in [2.45, 2.75) is 17.1 Å². The molecule has 0 spiro atoms. The lowest BCUT2D eigenvalue weighted by Gasteiger charge is -2.17. The summed E-state index contributed by atoms with van der Waals surface area (Å²) in [7, 11) is -3.30. The quantitative estimate of drug-likeness (QED) is 0.777. The molecular weight excluding hydrogens is 332 g/mol. The fourth-order valence-electron chi connectivity index (χ4n) is 2.65. The molecule has 7 heteroatoms. The molecule has 1 heterocycles. The summed E-state index contributed by atoms with van der Waals surface area (Å²) in [5, 5.41) is 19.3. The third-order valence-electron chi connectivity index (χ3n) is 3.95. The lowest BCUT2D eigenvalue weighted by Crippen LogP contribution is -2.24. The minimum absolute atomic E-state index is 0.0657. The van der Waals surface area contributed by atoms with Crippen molar-refractivity contribution in [1.29, 1.82) is 0 Å². The number of hydrogen-bond donors (Lipinski definition) is 2. The number of carbonyl (C=O) groups excluding carboxylic acids is 1. The van der Waals surface area contributed by atoms with Gasteiger partial charge in [0.2, 0.25) is 0 Å². The fourth-order valence-corrected chi connectivity index (χ4v) is 3.28. The maximum absolute atomic E-state index is 12.1. The van der Waals surface area contributed by atoms with Gasteiger partial charge in [0.1, 0.15) is 18.8 Å². The molecule has 6 nitrogen and oxygen atoms in total. The van der Waals surface area contributed by atoms with Gasteiger partial charge in [-0.25, -0.2) is 13.2 Å². The molecule has 1 aromatic carbocycles. The van der Waals surface area contributed by atoms with Gasteiger partial charge < -0.3 is 14.9 Å². The Morgan fingerprint density at radius 1 is 1.12 bits per heavy atom. The average Bonchev–Trinajstić information content (AvgIpc) is 2.91. The number of sulfone groups is 1. The zero-order chi connectivity index (χ0) is 17.5. The molecule has 0 saturated heterocycles. The number of allylic oxidation sites excluding steroid dienone is 1. The highest BCUT2D eigenvalue weighted by molar-refractivity contribution is 7.90. The van der Waals surface area contributed by atoms with Gasteiger partial charge in [0, 0.05) is 11.8 Å². The lowest BCUT2D eigenvalue weighted by molar-refractivity contribution is -0.135. The number of hydrogen-bond acceptors (Lipinski definition) is 6. The van der Waals surface area contributed by atoms with E-state index in [9.17, 15) is 23.4 Å². The molecule has 0 aromatic heterocycles. The molecule has 2 aliphatic rings. The molecule has 1 aromatic rings. The predicted molar refractivity (Wildman–Crippen MR) is 86.7 cm³/mol. The first-order valence-electron chi connectivity index (χ1n) is 7.24. The maximum Gasteiger partial charge on any atom is 0.339 e. The average molecular weight is 348 g/mol. The molecule has 1 aliphatic carbocycles. The Labute approximate surface area is 139 Å². The summed E-state index contributed by atoms with van der Waals surface area (Å²) in [6.45, 7) is 0.0657. The Hall–Kier alpha value is -2.22. The van der Waals surface area contributed by atoms with Crippen molar-refractivity contribution in [3.8, 4) is 0 Å². The van der Waals surface area contributed by atoms with Crippen molar-refractivity contribution in [3.63, 3.8) is 0 Å². The SMILES string of the molecule is CS(=O)(=O)c1ccc(C2=C(C3=C[C@H](O)[C@@H](O)C=C3)C(=O)OC2)cc1. The van der Waals surface area contributed by atoms with E-state index in [0.717, 1.165) is 6.26 Å². The van der Waals surface area contributed by atoms with Crippen LogP contribution in [0.25, 0.3) is 5.57 Å². The molecule has 0 fully saturated rings. The van der Waals surface area contributed by atoms with E-state index in [-0.39, 0.29) is 11.5 Å². The van der Waals surface area contributed by atoms with Crippen molar-refractivity contribution in [1.82, 2.24) is 0 Å². The third-order valence-corrected chi connectivity index (χ3v) is 5.07. The Morgan fingerprint density at radius 3 is 2.38 bits per heavy atom. The molecule has 0 saturated carbocycles. The number of benzene rings is 1. The smallest absolute Gasteiger partial charge is 0.339 e. The first-order chi connectivity index (χ1) is 11.3. The standard InChI is InChI=1S/C17H16O6S/c1-24(21,22)12-5-2-10(3-6-12)13-9-23-17(20)16(13)11-4-7-14(18)15(19)8-11/h2-8,14-15,18-19H,9H2,1H3/t14-,15-/m0/s1. The molecule has 0 radical (unpaired) electrons. The van der Waals surface area contributed by atoms with E-state index >= 15 is 0 Å². The number of rotatable bonds is 3. The van der Waals surface area contributed by atoms with Gasteiger partial charge in [0.25, 0.3) is 0 Å². The van der Waals surface area contributed by atoms with E-state index in [1.807, 2.05) is 0 Å². The first-order valence-corrected chi connectivity index (χ1v) is 9.14. The van der Waals surface area contributed by atoms with Gasteiger partial charge in [-0.05, 0) is 29.3 Å². The second-order valence-corrected chi connectivity index (χ2v) is 7.70. The van der Waals surface area contributed by atoms with Crippen LogP contribution >= 0.6 is 0 Å². The van der Waals surface area contributed by atoms with Gasteiger partial charge in [-0.1, -0.05) is 24.3 Å². The molecule has 0 bridgehead atoms. The number of ether oxygens (including phenoxy) is 1. The molecule has 0 amide bonds. The fraction of sp³-hybridized carbons (Fsp3) is 0.235. The van der Waals surface area contributed by atoms with Crippen LogP contribution in [-0.2, 0) is 19.4 Å². The second kappa shape index (κ2) is 6.01. The van der Waals surface area contributed by atoms with Crippen LogP contribution in [0.2, 0.25) is 0 Å². The van der Waals surface area contributed by atoms with Gasteiger partial charge in [-0.2, -0.15) is 0 Å². The van der Waals surface area contributed by atoms with Crippen molar-refractivity contribution in [2.75, 3.05) is 12.9 Å². The van der Waals surface area contributed by atoms with E-state index in [2.05, 4.69) is 0 Å². The topological polar surface area (TPSA) is 101 Å². The first kappa shape index (κ1) is 16.6. The van der Waals surface area contributed by atoms with Crippen molar-refractivity contribution in [3.05, 3.63) is 59.2 Å². The van der Waals surface area contributed by atoms with Crippen LogP contribution in [0, 0.1) is 0 Å². The summed E-state index contributed by atoms with van der Waals surface area (Å²) in [6.07, 6.45) is 3.38. The molecule has 126 valence electrons. The van der Waals surface area contributed by atoms with Gasteiger partial charge in [-0.15, -0.1) is 0 Å². The number of cyclic esters (lactones) is 1. The van der Waals surface area contributed by atoms with E-state index < -0.39 is 28.0 Å². The van der Waals surface area contributed by atoms with Gasteiger partial charge in [0.05, 0.1) is 10.5 Å². The zero-order valence-corrected chi connectivity index (χ0v) is 13.7. The monoisotopic (exact) mass is 348 g/mol. The minimum Gasteiger partial charge on any atom is -0.457 e. The summed E-state index contributed by atoms with van der Waals surface area (Å²) < 4.78 is 28.2. The molecular formula is C17H16O6S. The largest absolute Gasteiger partial charge is 0.457 e. The van der Waals surface area contributed by atoms with Crippen LogP contribution in [0.5, 0.6) is 0 Å². The Bertz CT molecular complexity index is 874. The molecule has 2 N–H and O–H groups in total. The van der Waals surface area contributed by atoms with Crippen LogP contribution in [0.3, 0.4) is 0 Å². The van der Waals surface area contributed by atoms with E-state index in [0.29, 0.717) is 22.3 Å². The number of aliphatic hydroxyl groups is 2. The molecule has 24 heavy (non-hydrogen) atoms. The van der Waals surface area contributed by atoms with Gasteiger partial charge in [0.15, 0.2) is 9.84 Å². The maximum atomic E-state index is 12.1. The van der Waals surface area contributed by atoms with Crippen molar-refractivity contribution < 1.29 is 28.2 Å². The number of esters is 1. The molecule has 3 rings (SSSR count). The number of aliphatic hydroxyl groups excluding tert-OH is 2. The van der Waals surface area contributed by atoms with Crippen LogP contribution in [0.15, 0.2) is 58.5 Å². The second-order valence-electron chi connectivity index (χ2n) is 5.69. The predicted octanol–water partition coefficient (Wildman–Crippen LogP) is 0.619. The number of carbonyl (C=O) groups is 1. The molecule has 1 aliphatic heterocycles. The Kier molecular flexibility index (Phi) is 4.16. The van der Waals surface area contributed by atoms with Crippen LogP contribution in [0.4, 0.5) is 0 Å². The van der Waals surface area contributed by atoms with Crippen LogP contribution in [0.1, 0.15) is 5.56 Å². The third kappa shape index (κ3) is 3.06. The van der Waals surface area contributed by atoms with Crippen LogP contribution in [-0.4, -0.2) is 49.7 Å². The summed E-state index contributed by atoms with van der Waals surface area (Å²) >= 11 is 0. The summed E-state index contributed by atoms with van der Waals surface area (Å²) in [4.78, 5) is 12.3. The van der Waals surface area contributed by atoms with Gasteiger partial charge >= 0.3 is 5.97 Å². The zero-order valence-electron chi connectivity index (χ0n) is 12.8. The van der Waals surface area contributed by atoms with Crippen molar-refractivity contribution >= 4 is 21.4 Å². The summed E-state index contributed by atoms with van der Waals surface area (Å²) in [5.74, 6) is -0.517. The highest BCUT2D eigenvalue weighted by Gasteiger charge is 2.30. The molecule has 0 unspecified atom stereocenters. The van der Waals surface area contributed by atoms with Gasteiger partial charge in [-0.3, -0.25) is 0 Å². The highest BCUT2D eigenvalue weighted by Crippen LogP contribution is 2.33. The van der Waals surface area contributed by atoms with Crippen molar-refractivity contribution in [2.24, 2.45) is 0 Å². The van der Waals surface area contributed by atoms with E-state index in [1.165, 1.54) is 24.3 Å². The Balaban J connectivity index is 2.04. The van der Waals surface area contributed by atoms with Crippen LogP contribution < -0.4 is 0 Å². The van der Waals surface area contributed by atoms with E-state index in [1.54, 1.807) is 18.2 Å². The highest BCUT2D eigenvalue weighted by atomic mass is 32.2. The lowest BCUT2D eigenvalue weighted by atomic mass is 9.92.